The molecule has 0 saturated carbocycles. The number of aromatic nitrogens is 1. The maximum absolute atomic E-state index is 3.49. The zero-order chi connectivity index (χ0) is 14.7. The largest absolute Gasteiger partial charge is 0.354 e. The molecule has 0 saturated heterocycles. The number of rotatable bonds is 1. The summed E-state index contributed by atoms with van der Waals surface area (Å²) < 4.78 is 0. The summed E-state index contributed by atoms with van der Waals surface area (Å²) in [6, 6.07) is 25.5. The minimum atomic E-state index is 1.20. The zero-order valence-electron chi connectivity index (χ0n) is 12.4. The number of hydrogen-bond donors (Lipinski definition) is 1. The van der Waals surface area contributed by atoms with Gasteiger partial charge in [-0.25, -0.2) is 0 Å². The molecule has 4 aromatic rings. The van der Waals surface area contributed by atoms with Crippen LogP contribution in [0.15, 0.2) is 72.8 Å². The number of hydrogen-bond acceptors (Lipinski definition) is 0. The normalized spacial score (nSPS) is 10.4. The standard InChI is InChI=1S/C18H13N.C2H6/c1-2-6-13(7-3-1)14-10-11-16-15-8-4-5-9-17(15)19-18(16)12-14;1-2/h1-12,19H;1-2H3. The van der Waals surface area contributed by atoms with E-state index in [1.807, 2.05) is 19.9 Å². The summed E-state index contributed by atoms with van der Waals surface area (Å²) in [5.74, 6) is 0. The van der Waals surface area contributed by atoms with E-state index in [4.69, 9.17) is 0 Å². The molecule has 0 unspecified atom stereocenters. The first-order valence-electron chi connectivity index (χ1n) is 7.48. The molecule has 21 heavy (non-hydrogen) atoms. The van der Waals surface area contributed by atoms with Gasteiger partial charge in [-0.15, -0.1) is 0 Å². The van der Waals surface area contributed by atoms with Crippen LogP contribution in [-0.2, 0) is 0 Å². The summed E-state index contributed by atoms with van der Waals surface area (Å²) in [7, 11) is 0. The molecule has 4 rings (SSSR count). The van der Waals surface area contributed by atoms with Crippen molar-refractivity contribution in [2.24, 2.45) is 0 Å². The van der Waals surface area contributed by atoms with E-state index in [1.165, 1.54) is 32.9 Å². The van der Waals surface area contributed by atoms with Gasteiger partial charge in [0.1, 0.15) is 0 Å². The van der Waals surface area contributed by atoms with Crippen LogP contribution in [-0.4, -0.2) is 4.98 Å². The molecule has 0 spiro atoms. The lowest BCUT2D eigenvalue weighted by Gasteiger charge is -2.01. The lowest BCUT2D eigenvalue weighted by Crippen LogP contribution is -1.76. The molecule has 0 radical (unpaired) electrons. The molecular weight excluding hydrogens is 254 g/mol. The van der Waals surface area contributed by atoms with Crippen LogP contribution in [0.3, 0.4) is 0 Å². The van der Waals surface area contributed by atoms with Crippen molar-refractivity contribution >= 4 is 21.8 Å². The summed E-state index contributed by atoms with van der Waals surface area (Å²) in [6.45, 7) is 4.00. The summed E-state index contributed by atoms with van der Waals surface area (Å²) >= 11 is 0. The van der Waals surface area contributed by atoms with Crippen LogP contribution in [0.5, 0.6) is 0 Å². The molecule has 1 heterocycles. The minimum Gasteiger partial charge on any atom is -0.354 e. The Morgan fingerprint density at radius 3 is 2.05 bits per heavy atom. The monoisotopic (exact) mass is 273 g/mol. The highest BCUT2D eigenvalue weighted by Crippen LogP contribution is 2.29. The van der Waals surface area contributed by atoms with Crippen LogP contribution in [0.4, 0.5) is 0 Å². The third kappa shape index (κ3) is 2.43. The van der Waals surface area contributed by atoms with E-state index in [1.54, 1.807) is 0 Å². The van der Waals surface area contributed by atoms with E-state index in [0.29, 0.717) is 0 Å². The predicted molar refractivity (Wildman–Crippen MR) is 92.6 cm³/mol. The van der Waals surface area contributed by atoms with E-state index >= 15 is 0 Å². The molecule has 1 nitrogen and oxygen atoms in total. The molecule has 0 atom stereocenters. The highest BCUT2D eigenvalue weighted by atomic mass is 14.7. The Bertz CT molecular complexity index is 857. The number of fused-ring (bicyclic) bond motifs is 3. The smallest absolute Gasteiger partial charge is 0.0471 e. The summed E-state index contributed by atoms with van der Waals surface area (Å²) in [6.07, 6.45) is 0. The van der Waals surface area contributed by atoms with E-state index in [9.17, 15) is 0 Å². The number of nitrogens with one attached hydrogen (secondary N) is 1. The van der Waals surface area contributed by atoms with Gasteiger partial charge in [-0.1, -0.05) is 74.5 Å². The van der Waals surface area contributed by atoms with Gasteiger partial charge in [0, 0.05) is 21.8 Å². The van der Waals surface area contributed by atoms with Gasteiger partial charge in [0.25, 0.3) is 0 Å². The van der Waals surface area contributed by atoms with Crippen molar-refractivity contribution in [2.45, 2.75) is 13.8 Å². The fraction of sp³-hybridized carbons (Fsp3) is 0.100. The van der Waals surface area contributed by atoms with E-state index in [0.717, 1.165) is 0 Å². The first kappa shape index (κ1) is 13.4. The zero-order valence-corrected chi connectivity index (χ0v) is 12.4. The van der Waals surface area contributed by atoms with Crippen molar-refractivity contribution < 1.29 is 0 Å². The lowest BCUT2D eigenvalue weighted by atomic mass is 10.0. The summed E-state index contributed by atoms with van der Waals surface area (Å²) in [4.78, 5) is 3.49. The van der Waals surface area contributed by atoms with Gasteiger partial charge >= 0.3 is 0 Å². The van der Waals surface area contributed by atoms with Gasteiger partial charge in [0.15, 0.2) is 0 Å². The Morgan fingerprint density at radius 2 is 1.24 bits per heavy atom. The SMILES string of the molecule is CC.c1ccc(-c2ccc3c(c2)[nH]c2ccccc23)cc1. The van der Waals surface area contributed by atoms with Gasteiger partial charge in [0.2, 0.25) is 0 Å². The molecule has 0 amide bonds. The van der Waals surface area contributed by atoms with Crippen LogP contribution >= 0.6 is 0 Å². The van der Waals surface area contributed by atoms with Crippen molar-refractivity contribution in [1.29, 1.82) is 0 Å². The second-order valence-corrected chi connectivity index (χ2v) is 4.80. The van der Waals surface area contributed by atoms with Crippen molar-refractivity contribution in [1.82, 2.24) is 4.98 Å². The summed E-state index contributed by atoms with van der Waals surface area (Å²) in [5, 5.41) is 2.58. The van der Waals surface area contributed by atoms with Gasteiger partial charge in [-0.2, -0.15) is 0 Å². The third-order valence-corrected chi connectivity index (χ3v) is 3.61. The van der Waals surface area contributed by atoms with Gasteiger partial charge in [-0.05, 0) is 23.3 Å². The molecule has 0 aliphatic carbocycles. The van der Waals surface area contributed by atoms with Gasteiger partial charge in [-0.3, -0.25) is 0 Å². The second-order valence-electron chi connectivity index (χ2n) is 4.80. The highest BCUT2D eigenvalue weighted by molar-refractivity contribution is 6.08. The number of para-hydroxylation sites is 1. The number of aromatic amines is 1. The quantitative estimate of drug-likeness (QED) is 0.437. The Kier molecular flexibility index (Phi) is 3.74. The maximum atomic E-state index is 3.49. The van der Waals surface area contributed by atoms with Crippen LogP contribution in [0, 0.1) is 0 Å². The molecule has 0 bridgehead atoms. The maximum Gasteiger partial charge on any atom is 0.0471 e. The van der Waals surface area contributed by atoms with Crippen molar-refractivity contribution in [3.8, 4) is 11.1 Å². The molecule has 0 fully saturated rings. The molecular formula is C20H19N. The minimum absolute atomic E-state index is 1.20. The first-order chi connectivity index (χ1) is 10.4. The molecule has 1 aromatic heterocycles. The molecule has 1 heteroatoms. The fourth-order valence-corrected chi connectivity index (χ4v) is 2.66. The molecule has 1 N–H and O–H groups in total. The van der Waals surface area contributed by atoms with Crippen molar-refractivity contribution in [2.75, 3.05) is 0 Å². The highest BCUT2D eigenvalue weighted by Gasteiger charge is 2.04. The molecule has 3 aromatic carbocycles. The Balaban J connectivity index is 0.000000636. The Hall–Kier alpha value is -2.54. The van der Waals surface area contributed by atoms with Crippen molar-refractivity contribution in [3.63, 3.8) is 0 Å². The summed E-state index contributed by atoms with van der Waals surface area (Å²) in [5.41, 5.74) is 4.90. The first-order valence-corrected chi connectivity index (χ1v) is 7.48. The topological polar surface area (TPSA) is 15.8 Å². The van der Waals surface area contributed by atoms with Crippen LogP contribution in [0.25, 0.3) is 32.9 Å². The third-order valence-electron chi connectivity index (χ3n) is 3.61. The Labute approximate surface area is 125 Å². The van der Waals surface area contributed by atoms with E-state index < -0.39 is 0 Å². The van der Waals surface area contributed by atoms with E-state index in [2.05, 4.69) is 71.7 Å². The molecule has 0 aliphatic heterocycles. The van der Waals surface area contributed by atoms with Crippen LogP contribution in [0.2, 0.25) is 0 Å². The molecule has 0 aliphatic rings. The molecule has 104 valence electrons. The van der Waals surface area contributed by atoms with Crippen LogP contribution in [0.1, 0.15) is 13.8 Å². The van der Waals surface area contributed by atoms with Gasteiger partial charge in [0.05, 0.1) is 0 Å². The Morgan fingerprint density at radius 1 is 0.571 bits per heavy atom. The second kappa shape index (κ2) is 5.84. The van der Waals surface area contributed by atoms with Crippen molar-refractivity contribution in [3.05, 3.63) is 72.8 Å². The van der Waals surface area contributed by atoms with Gasteiger partial charge < -0.3 is 4.98 Å². The number of benzene rings is 3. The average Bonchev–Trinajstić information content (AvgIpc) is 2.95. The lowest BCUT2D eigenvalue weighted by molar-refractivity contribution is 1.50. The predicted octanol–water partition coefficient (Wildman–Crippen LogP) is 6.01. The number of H-pyrrole nitrogens is 1. The van der Waals surface area contributed by atoms with E-state index in [-0.39, 0.29) is 0 Å². The fourth-order valence-electron chi connectivity index (χ4n) is 2.66. The van der Waals surface area contributed by atoms with Crippen LogP contribution < -0.4 is 0 Å². The average molecular weight is 273 g/mol.